The Morgan fingerprint density at radius 3 is 2.31 bits per heavy atom. The number of ketones is 1. The van der Waals surface area contributed by atoms with Gasteiger partial charge in [-0.05, 0) is 115 Å². The van der Waals surface area contributed by atoms with E-state index < -0.39 is 30.7 Å². The molecule has 3 aliphatic carbocycles. The van der Waals surface area contributed by atoms with Gasteiger partial charge in [-0.25, -0.2) is 0 Å². The molecule has 1 N–H and O–H groups in total. The van der Waals surface area contributed by atoms with Crippen LogP contribution in [0.2, 0.25) is 0 Å². The van der Waals surface area contributed by atoms with E-state index in [2.05, 4.69) is 51.9 Å². The number of nitrogens with zero attached hydrogens (tertiary/aromatic N) is 1. The van der Waals surface area contributed by atoms with Crippen LogP contribution in [0, 0.1) is 35.5 Å². The van der Waals surface area contributed by atoms with E-state index in [0.717, 1.165) is 50.5 Å². The van der Waals surface area contributed by atoms with Gasteiger partial charge in [0.05, 0.1) is 30.8 Å². The number of hydrogen-bond acceptors (Lipinski definition) is 11. The fraction of sp³-hybridized carbons (Fsp3) is 0.854. The molecule has 0 bridgehead atoms. The molecule has 0 unspecified atom stereocenters. The van der Waals surface area contributed by atoms with Crippen molar-refractivity contribution in [2.24, 2.45) is 35.5 Å². The lowest BCUT2D eigenvalue weighted by Crippen LogP contribution is -2.59. The summed E-state index contributed by atoms with van der Waals surface area (Å²) >= 11 is 0. The van der Waals surface area contributed by atoms with Crippen molar-refractivity contribution in [1.82, 2.24) is 4.90 Å². The van der Waals surface area contributed by atoms with Gasteiger partial charge in [0.15, 0.2) is 18.4 Å². The predicted molar refractivity (Wildman–Crippen MR) is 194 cm³/mol. The third-order valence-corrected chi connectivity index (χ3v) is 13.4. The third-order valence-electron chi connectivity index (χ3n) is 13.4. The molecule has 3 heterocycles. The summed E-state index contributed by atoms with van der Waals surface area (Å²) in [5, 5.41) is 10.7. The number of cyclic esters (lactones) is 1. The van der Waals surface area contributed by atoms with Crippen molar-refractivity contribution in [3.63, 3.8) is 0 Å². The van der Waals surface area contributed by atoms with E-state index in [9.17, 15) is 14.7 Å². The lowest BCUT2D eigenvalue weighted by molar-refractivity contribution is -0.311. The zero-order valence-corrected chi connectivity index (χ0v) is 32.9. The zero-order chi connectivity index (χ0) is 37.4. The van der Waals surface area contributed by atoms with Gasteiger partial charge in [-0.3, -0.25) is 9.59 Å². The van der Waals surface area contributed by atoms with Crippen molar-refractivity contribution in [3.8, 4) is 0 Å². The minimum atomic E-state index is -0.825. The van der Waals surface area contributed by atoms with Crippen LogP contribution in [0.15, 0.2) is 23.3 Å². The lowest BCUT2D eigenvalue weighted by atomic mass is 9.67. The maximum absolute atomic E-state index is 14.7. The number of carbonyl (C=O) groups is 2. The van der Waals surface area contributed by atoms with E-state index in [1.54, 1.807) is 14.2 Å². The van der Waals surface area contributed by atoms with Crippen LogP contribution in [0.3, 0.4) is 0 Å². The summed E-state index contributed by atoms with van der Waals surface area (Å²) in [5.41, 5.74) is 2.03. The molecule has 52 heavy (non-hydrogen) atoms. The molecule has 17 atom stereocenters. The normalized spacial score (nSPS) is 45.9. The van der Waals surface area contributed by atoms with E-state index in [-0.39, 0.29) is 84.4 Å². The van der Waals surface area contributed by atoms with Crippen molar-refractivity contribution in [2.75, 3.05) is 28.3 Å². The fourth-order valence-electron chi connectivity index (χ4n) is 10.5. The second-order valence-corrected chi connectivity index (χ2v) is 16.8. The van der Waals surface area contributed by atoms with Crippen LogP contribution >= 0.6 is 0 Å². The number of rotatable bonds is 8. The van der Waals surface area contributed by atoms with Crippen LogP contribution in [0.1, 0.15) is 92.4 Å². The fourth-order valence-corrected chi connectivity index (χ4v) is 10.5. The molecule has 1 saturated carbocycles. The first-order valence-electron chi connectivity index (χ1n) is 20.0. The number of ether oxygens (including phenoxy) is 7. The highest BCUT2D eigenvalue weighted by molar-refractivity contribution is 5.99. The molecule has 0 amide bonds. The maximum atomic E-state index is 14.7. The first-order valence-corrected chi connectivity index (χ1v) is 20.0. The average Bonchev–Trinajstić information content (AvgIpc) is 3.69. The Bertz CT molecular complexity index is 1320. The van der Waals surface area contributed by atoms with Crippen LogP contribution in [0.25, 0.3) is 0 Å². The van der Waals surface area contributed by atoms with Gasteiger partial charge < -0.3 is 43.2 Å². The number of methoxy groups -OCH3 is 2. The van der Waals surface area contributed by atoms with Crippen LogP contribution in [-0.4, -0.2) is 118 Å². The summed E-state index contributed by atoms with van der Waals surface area (Å²) in [4.78, 5) is 30.5. The van der Waals surface area contributed by atoms with E-state index >= 15 is 0 Å². The summed E-state index contributed by atoms with van der Waals surface area (Å²) in [7, 11) is 7.32. The minimum Gasteiger partial charge on any atom is -0.462 e. The van der Waals surface area contributed by atoms with E-state index in [0.29, 0.717) is 12.5 Å². The van der Waals surface area contributed by atoms with Crippen molar-refractivity contribution in [2.45, 2.75) is 160 Å². The Kier molecular flexibility index (Phi) is 13.1. The summed E-state index contributed by atoms with van der Waals surface area (Å²) in [6, 6.07) is 0.333. The standard InChI is InChI=1S/C41H65NO10/c1-10-25-12-11-13-34(52-36-15-14-33(42(6)7)23(4)48-36)22(3)37(44)32-19-30-28(31(32)20-35(43)50-25)16-21(2)27-17-26(18-29(27)30)51-41-40(47-9)39(46-8)38(45)24(5)49-41/h16,19,22-31,33-34,36,38-41,45H,10-15,17-18,20H2,1-9H3/t22-,23-,24+,25+,26+,27-,28-,29+,30-,31+,33+,34+,36+,38+,39-,40-,41+/m1/s1. The van der Waals surface area contributed by atoms with Gasteiger partial charge in [0, 0.05) is 32.1 Å². The molecule has 0 aromatic carbocycles. The molecule has 0 aromatic rings. The first kappa shape index (κ1) is 40.0. The Morgan fingerprint density at radius 2 is 1.63 bits per heavy atom. The molecule has 3 aliphatic heterocycles. The number of aliphatic hydroxyl groups is 1. The topological polar surface area (TPSA) is 122 Å². The molecule has 3 saturated heterocycles. The number of likely N-dealkylation sites (N-methyl/N-ethyl adjacent to an activating group) is 1. The Balaban J connectivity index is 1.23. The quantitative estimate of drug-likeness (QED) is 0.261. The molecule has 11 heteroatoms. The van der Waals surface area contributed by atoms with Crippen molar-refractivity contribution in [3.05, 3.63) is 23.3 Å². The molecule has 0 spiro atoms. The molecule has 6 aliphatic rings. The highest BCUT2D eigenvalue weighted by Gasteiger charge is 2.53. The monoisotopic (exact) mass is 731 g/mol. The van der Waals surface area contributed by atoms with E-state index in [1.165, 1.54) is 5.57 Å². The molecule has 6 rings (SSSR count). The summed E-state index contributed by atoms with van der Waals surface area (Å²) in [6.45, 7) is 10.2. The van der Waals surface area contributed by atoms with E-state index in [4.69, 9.17) is 33.2 Å². The second-order valence-electron chi connectivity index (χ2n) is 16.8. The zero-order valence-electron chi connectivity index (χ0n) is 32.9. The summed E-state index contributed by atoms with van der Waals surface area (Å²) < 4.78 is 43.3. The minimum absolute atomic E-state index is 0.0253. The summed E-state index contributed by atoms with van der Waals surface area (Å²) in [6.07, 6.45) is 7.11. The average molecular weight is 732 g/mol. The van der Waals surface area contributed by atoms with Crippen molar-refractivity contribution < 1.29 is 47.9 Å². The number of aliphatic hydroxyl groups excluding tert-OH is 1. The Labute approximate surface area is 311 Å². The van der Waals surface area contributed by atoms with Gasteiger partial charge in [-0.15, -0.1) is 0 Å². The molecular formula is C41H65NO10. The Morgan fingerprint density at radius 1 is 0.885 bits per heavy atom. The molecule has 0 aromatic heterocycles. The number of Topliss-reactive ketones (excluding diaryl/α,β-unsaturated/α-hetero) is 1. The molecular weight excluding hydrogens is 666 g/mol. The maximum Gasteiger partial charge on any atom is 0.306 e. The first-order chi connectivity index (χ1) is 24.8. The van der Waals surface area contributed by atoms with Crippen molar-refractivity contribution in [1.29, 1.82) is 0 Å². The molecule has 4 fully saturated rings. The van der Waals surface area contributed by atoms with Crippen LogP contribution < -0.4 is 0 Å². The number of hydrogen-bond donors (Lipinski definition) is 1. The van der Waals surface area contributed by atoms with Gasteiger partial charge in [0.2, 0.25) is 0 Å². The van der Waals surface area contributed by atoms with Crippen LogP contribution in [0.5, 0.6) is 0 Å². The number of allylic oxidation sites excluding steroid dienone is 4. The number of carbonyl (C=O) groups excluding carboxylic acids is 2. The molecule has 0 radical (unpaired) electrons. The highest BCUT2D eigenvalue weighted by Crippen LogP contribution is 2.56. The number of esters is 1. The largest absolute Gasteiger partial charge is 0.462 e. The van der Waals surface area contributed by atoms with Crippen LogP contribution in [-0.2, 0) is 42.7 Å². The van der Waals surface area contributed by atoms with Gasteiger partial charge in [0.1, 0.15) is 24.4 Å². The van der Waals surface area contributed by atoms with Crippen molar-refractivity contribution >= 4 is 11.8 Å². The third kappa shape index (κ3) is 8.13. The van der Waals surface area contributed by atoms with Gasteiger partial charge in [0.25, 0.3) is 0 Å². The second kappa shape index (κ2) is 17.0. The smallest absolute Gasteiger partial charge is 0.306 e. The Hall–Kier alpha value is -1.70. The summed E-state index contributed by atoms with van der Waals surface area (Å²) in [5.74, 6) is -0.122. The van der Waals surface area contributed by atoms with Gasteiger partial charge >= 0.3 is 5.97 Å². The van der Waals surface area contributed by atoms with Gasteiger partial charge in [-0.1, -0.05) is 31.6 Å². The number of fused-ring (bicyclic) bond motifs is 5. The molecule has 294 valence electrons. The SMILES string of the molecule is CC[C@H]1CCC[C@H](O[C@H]2CC[C@H](N(C)C)[C@@H](C)O2)[C@@H](C)C(=O)C2=C[C@@H]3[C@@H](C=C(C)[C@H]4C[C@H](O[C@@H]5O[C@@H](C)[C@H](O)[C@@H](OC)[C@H]5OC)C[C@H]34)[C@@H]2CC(=O)O1. The highest BCUT2D eigenvalue weighted by atomic mass is 16.7. The van der Waals surface area contributed by atoms with Crippen LogP contribution in [0.4, 0.5) is 0 Å². The van der Waals surface area contributed by atoms with E-state index in [1.807, 2.05) is 13.8 Å². The predicted octanol–water partition coefficient (Wildman–Crippen LogP) is 5.22. The lowest BCUT2D eigenvalue weighted by Gasteiger charge is -2.43. The van der Waals surface area contributed by atoms with Gasteiger partial charge in [-0.2, -0.15) is 0 Å². The molecule has 11 nitrogen and oxygen atoms in total.